The van der Waals surface area contributed by atoms with Gasteiger partial charge in [-0.15, -0.1) is 4.39 Å². The Morgan fingerprint density at radius 3 is 2.73 bits per heavy atom. The van der Waals surface area contributed by atoms with E-state index < -0.39 is 12.0 Å². The summed E-state index contributed by atoms with van der Waals surface area (Å²) in [7, 11) is 0. The maximum Gasteiger partial charge on any atom is 0.500 e. The highest BCUT2D eigenvalue weighted by Gasteiger charge is 2.01. The normalized spacial score (nSPS) is 9.27. The number of rotatable bonds is 1. The Kier molecular flexibility index (Phi) is 2.15. The lowest BCUT2D eigenvalue weighted by Gasteiger charge is -1.96. The summed E-state index contributed by atoms with van der Waals surface area (Å²) in [5.74, 6) is -0.721. The van der Waals surface area contributed by atoms with Crippen LogP contribution < -0.4 is 4.74 Å². The summed E-state index contributed by atoms with van der Waals surface area (Å²) in [5, 5.41) is 0. The summed E-state index contributed by atoms with van der Waals surface area (Å²) in [6, 6.07) is 4.67. The number of carbonyl (C=O) groups excluding carboxylic acids is 1. The van der Waals surface area contributed by atoms with Crippen molar-refractivity contribution in [2.24, 2.45) is 0 Å². The van der Waals surface area contributed by atoms with Crippen molar-refractivity contribution in [2.45, 2.75) is 0 Å². The van der Waals surface area contributed by atoms with Gasteiger partial charge in [0, 0.05) is 6.07 Å². The van der Waals surface area contributed by atoms with E-state index in [1.54, 1.807) is 0 Å². The zero-order valence-electron chi connectivity index (χ0n) is 5.38. The van der Waals surface area contributed by atoms with E-state index in [1.165, 1.54) is 12.1 Å². The van der Waals surface area contributed by atoms with Gasteiger partial charge in [-0.1, -0.05) is 6.07 Å². The topological polar surface area (TPSA) is 26.3 Å². The van der Waals surface area contributed by atoms with E-state index in [2.05, 4.69) is 4.74 Å². The van der Waals surface area contributed by atoms with Crippen LogP contribution in [-0.4, -0.2) is 6.22 Å². The standard InChI is InChI=1S/C7H4F2O2/c8-5-2-1-3-6(4-5)11-7(9)10/h1-4H. The van der Waals surface area contributed by atoms with Crippen LogP contribution in [0.4, 0.5) is 13.6 Å². The average molecular weight is 158 g/mol. The molecule has 0 atom stereocenters. The van der Waals surface area contributed by atoms with Crippen molar-refractivity contribution in [1.82, 2.24) is 0 Å². The maximum atomic E-state index is 12.3. The number of carbonyl (C=O) groups is 1. The Balaban J connectivity index is 2.79. The molecule has 0 amide bonds. The van der Waals surface area contributed by atoms with Gasteiger partial charge in [0.1, 0.15) is 11.6 Å². The monoisotopic (exact) mass is 158 g/mol. The van der Waals surface area contributed by atoms with E-state index in [0.29, 0.717) is 0 Å². The molecule has 0 aliphatic heterocycles. The van der Waals surface area contributed by atoms with Crippen LogP contribution in [0.25, 0.3) is 0 Å². The predicted molar refractivity (Wildman–Crippen MR) is 33.5 cm³/mol. The minimum absolute atomic E-state index is 0.141. The highest BCUT2D eigenvalue weighted by atomic mass is 19.1. The molecule has 0 radical (unpaired) electrons. The molecule has 0 saturated heterocycles. The van der Waals surface area contributed by atoms with Crippen molar-refractivity contribution in [1.29, 1.82) is 0 Å². The Morgan fingerprint density at radius 2 is 2.18 bits per heavy atom. The van der Waals surface area contributed by atoms with Crippen molar-refractivity contribution in [3.8, 4) is 5.75 Å². The molecule has 0 unspecified atom stereocenters. The lowest BCUT2D eigenvalue weighted by Crippen LogP contribution is -1.96. The summed E-state index contributed by atoms with van der Waals surface area (Å²) in [5.41, 5.74) is 0. The minimum atomic E-state index is -1.95. The van der Waals surface area contributed by atoms with Gasteiger partial charge < -0.3 is 4.74 Å². The molecule has 2 nitrogen and oxygen atoms in total. The SMILES string of the molecule is O=C(F)Oc1cccc(F)c1. The van der Waals surface area contributed by atoms with Crippen LogP contribution in [0.2, 0.25) is 0 Å². The first kappa shape index (κ1) is 7.65. The molecule has 0 saturated carbocycles. The van der Waals surface area contributed by atoms with Crippen LogP contribution in [-0.2, 0) is 0 Å². The molecule has 4 heteroatoms. The van der Waals surface area contributed by atoms with Crippen molar-refractivity contribution in [3.05, 3.63) is 30.1 Å². The first-order valence-corrected chi connectivity index (χ1v) is 2.81. The molecule has 0 aliphatic carbocycles. The van der Waals surface area contributed by atoms with E-state index in [9.17, 15) is 13.6 Å². The molecule has 1 aromatic rings. The largest absolute Gasteiger partial charge is 0.500 e. The summed E-state index contributed by atoms with van der Waals surface area (Å²) in [6.07, 6.45) is -1.95. The van der Waals surface area contributed by atoms with E-state index in [4.69, 9.17) is 0 Å². The quantitative estimate of drug-likeness (QED) is 0.586. The zero-order chi connectivity index (χ0) is 8.27. The molecule has 58 valence electrons. The average Bonchev–Trinajstić information content (AvgIpc) is 1.85. The number of hydrogen-bond donors (Lipinski definition) is 0. The highest BCUT2D eigenvalue weighted by Crippen LogP contribution is 2.12. The molecule has 1 aromatic carbocycles. The molecule has 1 rings (SSSR count). The smallest absolute Gasteiger partial charge is 0.401 e. The van der Waals surface area contributed by atoms with E-state index in [-0.39, 0.29) is 5.75 Å². The molecular weight excluding hydrogens is 154 g/mol. The summed E-state index contributed by atoms with van der Waals surface area (Å²) < 4.78 is 27.8. The number of benzene rings is 1. The van der Waals surface area contributed by atoms with Gasteiger partial charge in [0.25, 0.3) is 0 Å². The van der Waals surface area contributed by atoms with Crippen LogP contribution in [0.15, 0.2) is 24.3 Å². The molecular formula is C7H4F2O2. The van der Waals surface area contributed by atoms with E-state index >= 15 is 0 Å². The molecule has 0 N–H and O–H groups in total. The second kappa shape index (κ2) is 3.09. The van der Waals surface area contributed by atoms with Crippen molar-refractivity contribution >= 4 is 6.22 Å². The van der Waals surface area contributed by atoms with Crippen LogP contribution in [0, 0.1) is 5.82 Å². The second-order valence-corrected chi connectivity index (χ2v) is 1.80. The van der Waals surface area contributed by atoms with Gasteiger partial charge in [0.15, 0.2) is 0 Å². The summed E-state index contributed by atoms with van der Waals surface area (Å²) in [4.78, 5) is 9.71. The van der Waals surface area contributed by atoms with Gasteiger partial charge in [-0.2, -0.15) is 0 Å². The first-order chi connectivity index (χ1) is 5.18. The third-order valence-corrected chi connectivity index (χ3v) is 0.994. The van der Waals surface area contributed by atoms with Crippen LogP contribution in [0.5, 0.6) is 5.75 Å². The van der Waals surface area contributed by atoms with Crippen molar-refractivity contribution < 1.29 is 18.3 Å². The second-order valence-electron chi connectivity index (χ2n) is 1.80. The molecule has 0 spiro atoms. The fourth-order valence-corrected chi connectivity index (χ4v) is 0.623. The van der Waals surface area contributed by atoms with Gasteiger partial charge in [0.05, 0.1) is 0 Å². The van der Waals surface area contributed by atoms with Crippen LogP contribution in [0.1, 0.15) is 0 Å². The van der Waals surface area contributed by atoms with Gasteiger partial charge in [-0.3, -0.25) is 0 Å². The Morgan fingerprint density at radius 1 is 1.45 bits per heavy atom. The zero-order valence-corrected chi connectivity index (χ0v) is 5.38. The molecule has 0 fully saturated rings. The lowest BCUT2D eigenvalue weighted by molar-refractivity contribution is 0.175. The third kappa shape index (κ3) is 2.33. The maximum absolute atomic E-state index is 12.3. The van der Waals surface area contributed by atoms with Crippen LogP contribution in [0.3, 0.4) is 0 Å². The molecule has 0 heterocycles. The Hall–Kier alpha value is -1.45. The van der Waals surface area contributed by atoms with Gasteiger partial charge >= 0.3 is 6.22 Å². The minimum Gasteiger partial charge on any atom is -0.401 e. The molecule has 0 aliphatic rings. The number of ether oxygens (including phenoxy) is 1. The lowest BCUT2D eigenvalue weighted by atomic mass is 10.3. The summed E-state index contributed by atoms with van der Waals surface area (Å²) >= 11 is 0. The van der Waals surface area contributed by atoms with Gasteiger partial charge in [0.2, 0.25) is 0 Å². The van der Waals surface area contributed by atoms with E-state index in [1.807, 2.05) is 0 Å². The van der Waals surface area contributed by atoms with Crippen molar-refractivity contribution in [3.63, 3.8) is 0 Å². The summed E-state index contributed by atoms with van der Waals surface area (Å²) in [6.45, 7) is 0. The third-order valence-electron chi connectivity index (χ3n) is 0.994. The highest BCUT2D eigenvalue weighted by molar-refractivity contribution is 5.62. The first-order valence-electron chi connectivity index (χ1n) is 2.81. The Bertz CT molecular complexity index is 273. The van der Waals surface area contributed by atoms with Crippen LogP contribution >= 0.6 is 0 Å². The number of halogens is 2. The Labute approximate surface area is 61.4 Å². The molecule has 11 heavy (non-hydrogen) atoms. The van der Waals surface area contributed by atoms with Crippen molar-refractivity contribution in [2.75, 3.05) is 0 Å². The fraction of sp³-hybridized carbons (Fsp3) is 0. The predicted octanol–water partition coefficient (Wildman–Crippen LogP) is 2.29. The van der Waals surface area contributed by atoms with E-state index in [0.717, 1.165) is 12.1 Å². The van der Waals surface area contributed by atoms with Gasteiger partial charge in [-0.25, -0.2) is 9.18 Å². The number of hydrogen-bond acceptors (Lipinski definition) is 2. The fourth-order valence-electron chi connectivity index (χ4n) is 0.623. The molecule has 0 aromatic heterocycles. The van der Waals surface area contributed by atoms with Gasteiger partial charge in [-0.05, 0) is 12.1 Å². The molecule has 0 bridgehead atoms.